The van der Waals surface area contributed by atoms with Crippen molar-refractivity contribution in [2.45, 2.75) is 38.5 Å². The number of nitrogens with one attached hydrogen (secondary N) is 2. The summed E-state index contributed by atoms with van der Waals surface area (Å²) in [6.07, 6.45) is 0. The first-order chi connectivity index (χ1) is 16.2. The topological polar surface area (TPSA) is 93.7 Å². The van der Waals surface area contributed by atoms with Crippen LogP contribution in [-0.2, 0) is 14.8 Å². The molecule has 2 N–H and O–H groups in total. The molecule has 3 aromatic carbocycles. The van der Waals surface area contributed by atoms with E-state index in [4.69, 9.17) is 9.47 Å². The summed E-state index contributed by atoms with van der Waals surface area (Å²) in [6, 6.07) is 18.9. The van der Waals surface area contributed by atoms with E-state index >= 15 is 0 Å². The normalized spacial score (nSPS) is 11.2. The Kier molecular flexibility index (Phi) is 8.17. The maximum Gasteiger partial charge on any atom is 0.262 e. The van der Waals surface area contributed by atoms with Crippen molar-refractivity contribution in [2.24, 2.45) is 0 Å². The van der Waals surface area contributed by atoms with Crippen LogP contribution in [0.4, 0.5) is 11.4 Å². The molecular formula is C26H30N2O5S. The van der Waals surface area contributed by atoms with Crippen molar-refractivity contribution < 1.29 is 22.7 Å². The van der Waals surface area contributed by atoms with Gasteiger partial charge in [-0.05, 0) is 85.5 Å². The lowest BCUT2D eigenvalue weighted by molar-refractivity contribution is -0.118. The molecule has 0 heterocycles. The molecule has 0 saturated carbocycles. The molecule has 34 heavy (non-hydrogen) atoms. The molecule has 180 valence electrons. The largest absolute Gasteiger partial charge is 0.494 e. The third-order valence-corrected chi connectivity index (χ3v) is 6.47. The number of ether oxygens (including phenoxy) is 2. The van der Waals surface area contributed by atoms with E-state index in [2.05, 4.69) is 23.9 Å². The van der Waals surface area contributed by atoms with E-state index in [1.807, 2.05) is 31.2 Å². The number of rotatable bonds is 10. The number of carbonyl (C=O) groups is 1. The first kappa shape index (κ1) is 25.1. The van der Waals surface area contributed by atoms with Gasteiger partial charge in [-0.1, -0.05) is 26.0 Å². The predicted octanol–water partition coefficient (Wildman–Crippen LogP) is 5.34. The van der Waals surface area contributed by atoms with Gasteiger partial charge in [-0.15, -0.1) is 0 Å². The molecule has 0 fully saturated rings. The van der Waals surface area contributed by atoms with Gasteiger partial charge < -0.3 is 14.8 Å². The van der Waals surface area contributed by atoms with Crippen LogP contribution in [0, 0.1) is 6.92 Å². The number of carbonyl (C=O) groups excluding carboxylic acids is 1. The van der Waals surface area contributed by atoms with Gasteiger partial charge in [-0.3, -0.25) is 9.52 Å². The number of aryl methyl sites for hydroxylation is 1. The van der Waals surface area contributed by atoms with Crippen molar-refractivity contribution in [1.82, 2.24) is 0 Å². The quantitative estimate of drug-likeness (QED) is 0.407. The number of amides is 1. The second kappa shape index (κ2) is 11.1. The van der Waals surface area contributed by atoms with Crippen molar-refractivity contribution in [3.05, 3.63) is 77.9 Å². The monoisotopic (exact) mass is 482 g/mol. The Balaban J connectivity index is 1.59. The summed E-state index contributed by atoms with van der Waals surface area (Å²) in [4.78, 5) is 12.4. The molecule has 0 atom stereocenters. The van der Waals surface area contributed by atoms with Gasteiger partial charge in [0.25, 0.3) is 15.9 Å². The van der Waals surface area contributed by atoms with Crippen molar-refractivity contribution in [3.63, 3.8) is 0 Å². The van der Waals surface area contributed by atoms with E-state index in [0.717, 1.165) is 0 Å². The Morgan fingerprint density at radius 3 is 2.15 bits per heavy atom. The molecule has 0 saturated heterocycles. The standard InChI is InChI=1S/C26H30N2O5S/c1-5-32-23-12-10-22(11-13-23)28-34(30,31)24-14-15-25(19(4)16-24)33-17-26(29)27-21-8-6-20(7-9-21)18(2)3/h6-16,18,28H,5,17H2,1-4H3,(H,27,29). The third-order valence-electron chi connectivity index (χ3n) is 5.09. The van der Waals surface area contributed by atoms with Crippen LogP contribution in [0.3, 0.4) is 0 Å². The summed E-state index contributed by atoms with van der Waals surface area (Å²) >= 11 is 0. The zero-order valence-corrected chi connectivity index (χ0v) is 20.6. The number of sulfonamides is 1. The van der Waals surface area contributed by atoms with Crippen LogP contribution in [0.1, 0.15) is 37.8 Å². The van der Waals surface area contributed by atoms with Crippen LogP contribution < -0.4 is 19.5 Å². The minimum atomic E-state index is -3.79. The smallest absolute Gasteiger partial charge is 0.262 e. The molecule has 3 rings (SSSR count). The molecule has 0 aliphatic rings. The van der Waals surface area contributed by atoms with Gasteiger partial charge in [0.1, 0.15) is 11.5 Å². The van der Waals surface area contributed by atoms with Crippen molar-refractivity contribution in [3.8, 4) is 11.5 Å². The van der Waals surface area contributed by atoms with Gasteiger partial charge in [0, 0.05) is 11.4 Å². The zero-order valence-electron chi connectivity index (χ0n) is 19.8. The Bertz CT molecular complexity index is 1220. The van der Waals surface area contributed by atoms with Crippen LogP contribution in [0.15, 0.2) is 71.6 Å². The Morgan fingerprint density at radius 2 is 1.56 bits per heavy atom. The molecule has 0 aromatic heterocycles. The van der Waals surface area contributed by atoms with E-state index in [0.29, 0.717) is 41.0 Å². The highest BCUT2D eigenvalue weighted by molar-refractivity contribution is 7.92. The zero-order chi connectivity index (χ0) is 24.7. The van der Waals surface area contributed by atoms with Gasteiger partial charge in [0.2, 0.25) is 0 Å². The predicted molar refractivity (Wildman–Crippen MR) is 134 cm³/mol. The molecule has 7 nitrogen and oxygen atoms in total. The lowest BCUT2D eigenvalue weighted by Crippen LogP contribution is -2.20. The number of hydrogen-bond acceptors (Lipinski definition) is 5. The number of hydrogen-bond donors (Lipinski definition) is 2. The van der Waals surface area contributed by atoms with Crippen molar-refractivity contribution in [2.75, 3.05) is 23.3 Å². The molecule has 1 amide bonds. The molecule has 0 aliphatic carbocycles. The number of anilines is 2. The minimum Gasteiger partial charge on any atom is -0.494 e. The first-order valence-corrected chi connectivity index (χ1v) is 12.5. The molecule has 0 spiro atoms. The summed E-state index contributed by atoms with van der Waals surface area (Å²) in [7, 11) is -3.79. The van der Waals surface area contributed by atoms with Gasteiger partial charge >= 0.3 is 0 Å². The van der Waals surface area contributed by atoms with Crippen molar-refractivity contribution in [1.29, 1.82) is 0 Å². The van der Waals surface area contributed by atoms with Gasteiger partial charge in [-0.2, -0.15) is 0 Å². The second-order valence-electron chi connectivity index (χ2n) is 8.10. The lowest BCUT2D eigenvalue weighted by atomic mass is 10.0. The fourth-order valence-corrected chi connectivity index (χ4v) is 4.39. The average molecular weight is 483 g/mol. The van der Waals surface area contributed by atoms with E-state index in [-0.39, 0.29) is 17.4 Å². The van der Waals surface area contributed by atoms with E-state index in [9.17, 15) is 13.2 Å². The summed E-state index contributed by atoms with van der Waals surface area (Å²) in [6.45, 7) is 8.17. The average Bonchev–Trinajstić information content (AvgIpc) is 2.80. The number of benzene rings is 3. The summed E-state index contributed by atoms with van der Waals surface area (Å²) < 4.78 is 39.1. The van der Waals surface area contributed by atoms with Crippen LogP contribution in [0.2, 0.25) is 0 Å². The maximum atomic E-state index is 12.8. The van der Waals surface area contributed by atoms with Crippen LogP contribution in [-0.4, -0.2) is 27.5 Å². The summed E-state index contributed by atoms with van der Waals surface area (Å²) in [5.74, 6) is 1.22. The highest BCUT2D eigenvalue weighted by Gasteiger charge is 2.16. The highest BCUT2D eigenvalue weighted by atomic mass is 32.2. The van der Waals surface area contributed by atoms with Gasteiger partial charge in [-0.25, -0.2) is 8.42 Å². The fraction of sp³-hybridized carbons (Fsp3) is 0.269. The van der Waals surface area contributed by atoms with Gasteiger partial charge in [0.05, 0.1) is 11.5 Å². The first-order valence-electron chi connectivity index (χ1n) is 11.1. The SMILES string of the molecule is CCOc1ccc(NS(=O)(=O)c2ccc(OCC(=O)Nc3ccc(C(C)C)cc3)c(C)c2)cc1. The molecule has 0 aliphatic heterocycles. The van der Waals surface area contributed by atoms with Crippen LogP contribution in [0.5, 0.6) is 11.5 Å². The Hall–Kier alpha value is -3.52. The lowest BCUT2D eigenvalue weighted by Gasteiger charge is -2.13. The Morgan fingerprint density at radius 1 is 0.912 bits per heavy atom. The Labute approximate surface area is 201 Å². The third kappa shape index (κ3) is 6.74. The molecule has 0 radical (unpaired) electrons. The van der Waals surface area contributed by atoms with E-state index < -0.39 is 10.0 Å². The van der Waals surface area contributed by atoms with E-state index in [1.165, 1.54) is 17.7 Å². The second-order valence-corrected chi connectivity index (χ2v) is 9.79. The molecule has 8 heteroatoms. The summed E-state index contributed by atoms with van der Waals surface area (Å²) in [5.41, 5.74) is 2.91. The van der Waals surface area contributed by atoms with Crippen LogP contribution >= 0.6 is 0 Å². The molecule has 3 aromatic rings. The van der Waals surface area contributed by atoms with E-state index in [1.54, 1.807) is 37.3 Å². The van der Waals surface area contributed by atoms with Crippen LogP contribution in [0.25, 0.3) is 0 Å². The molecule has 0 bridgehead atoms. The summed E-state index contributed by atoms with van der Waals surface area (Å²) in [5, 5.41) is 2.79. The highest BCUT2D eigenvalue weighted by Crippen LogP contribution is 2.25. The van der Waals surface area contributed by atoms with Crippen molar-refractivity contribution >= 4 is 27.3 Å². The molecular weight excluding hydrogens is 452 g/mol. The van der Waals surface area contributed by atoms with Gasteiger partial charge in [0.15, 0.2) is 6.61 Å². The molecule has 0 unspecified atom stereocenters. The minimum absolute atomic E-state index is 0.0981. The fourth-order valence-electron chi connectivity index (χ4n) is 3.24. The maximum absolute atomic E-state index is 12.8.